The number of nitrogens with two attached hydrogens (primary N) is 3. The van der Waals surface area contributed by atoms with Gasteiger partial charge in [-0.05, 0) is 13.8 Å². The Morgan fingerprint density at radius 1 is 0.667 bits per heavy atom. The molecule has 3 rings (SSSR count). The zero-order chi connectivity index (χ0) is 17.3. The van der Waals surface area contributed by atoms with Gasteiger partial charge in [-0.25, -0.2) is 14.0 Å². The highest BCUT2D eigenvalue weighted by atomic mass is 32.2. The Balaban J connectivity index is 1.63. The Morgan fingerprint density at radius 3 is 1.42 bits per heavy atom. The minimum Gasteiger partial charge on any atom is -0.336 e. The molecule has 0 fully saturated rings. The molecule has 0 radical (unpaired) electrons. The number of aryl methyl sites for hydroxylation is 2. The Bertz CT molecular complexity index is 781. The molecule has 24 heavy (non-hydrogen) atoms. The maximum atomic E-state index is 6.03. The summed E-state index contributed by atoms with van der Waals surface area (Å²) in [7, 11) is 0. The topological polar surface area (TPSA) is 170 Å². The second-order valence-electron chi connectivity index (χ2n) is 4.78. The van der Waals surface area contributed by atoms with E-state index in [-0.39, 0.29) is 0 Å². The van der Waals surface area contributed by atoms with E-state index in [1.807, 2.05) is 0 Å². The van der Waals surface area contributed by atoms with Crippen molar-refractivity contribution in [2.75, 3.05) is 17.5 Å². The van der Waals surface area contributed by atoms with Crippen molar-refractivity contribution in [1.29, 1.82) is 0 Å². The lowest BCUT2D eigenvalue weighted by Crippen LogP contribution is -2.16. The monoisotopic (exact) mass is 368 g/mol. The molecule has 3 heterocycles. The molecule has 0 aliphatic carbocycles. The number of nitrogen functional groups attached to an aromatic ring is 3. The van der Waals surface area contributed by atoms with Crippen LogP contribution in [0.1, 0.15) is 23.3 Å². The van der Waals surface area contributed by atoms with Gasteiger partial charge in [-0.15, -0.1) is 30.6 Å². The molecule has 3 aromatic heterocycles. The average Bonchev–Trinajstić information content (AvgIpc) is 3.19. The van der Waals surface area contributed by atoms with E-state index in [1.165, 1.54) is 37.6 Å². The van der Waals surface area contributed by atoms with Crippen molar-refractivity contribution in [2.24, 2.45) is 0 Å². The molecule has 0 aliphatic heterocycles. The van der Waals surface area contributed by atoms with Crippen LogP contribution < -0.4 is 17.5 Å². The average molecular weight is 368 g/mol. The van der Waals surface area contributed by atoms with Crippen LogP contribution in [0.5, 0.6) is 0 Å². The first-order chi connectivity index (χ1) is 11.5. The minimum absolute atomic E-state index is 0.468. The van der Waals surface area contributed by atoms with Crippen LogP contribution in [-0.4, -0.2) is 44.6 Å². The summed E-state index contributed by atoms with van der Waals surface area (Å²) in [5.41, 5.74) is 0. The molecule has 0 aromatic carbocycles. The fraction of sp³-hybridized carbons (Fsp3) is 0.400. The first-order valence-electron chi connectivity index (χ1n) is 6.75. The van der Waals surface area contributed by atoms with Crippen molar-refractivity contribution in [3.05, 3.63) is 23.3 Å². The summed E-state index contributed by atoms with van der Waals surface area (Å²) >= 11 is 2.75. The SMILES string of the molecule is Cc1nnc(SCc2nnc(CSc3nnc(C)n3N)n2N)n1N. The third-order valence-electron chi connectivity index (χ3n) is 3.17. The summed E-state index contributed by atoms with van der Waals surface area (Å²) in [5.74, 6) is 21.0. The van der Waals surface area contributed by atoms with Crippen molar-refractivity contribution in [2.45, 2.75) is 35.7 Å². The summed E-state index contributed by atoms with van der Waals surface area (Å²) in [4.78, 5) is 0. The van der Waals surface area contributed by atoms with Gasteiger partial charge < -0.3 is 17.5 Å². The van der Waals surface area contributed by atoms with Crippen LogP contribution in [0.25, 0.3) is 0 Å². The van der Waals surface area contributed by atoms with Crippen molar-refractivity contribution in [1.82, 2.24) is 44.6 Å². The molecule has 128 valence electrons. The Labute approximate surface area is 145 Å². The molecule has 6 N–H and O–H groups in total. The summed E-state index contributed by atoms with van der Waals surface area (Å²) in [6.45, 7) is 3.55. The van der Waals surface area contributed by atoms with Crippen LogP contribution >= 0.6 is 23.5 Å². The van der Waals surface area contributed by atoms with E-state index in [1.54, 1.807) is 13.8 Å². The zero-order valence-corrected chi connectivity index (χ0v) is 14.6. The molecule has 0 atom stereocenters. The summed E-state index contributed by atoms with van der Waals surface area (Å²) in [6, 6.07) is 0. The third-order valence-corrected chi connectivity index (χ3v) is 5.05. The van der Waals surface area contributed by atoms with E-state index in [9.17, 15) is 0 Å². The second kappa shape index (κ2) is 6.56. The molecule has 12 nitrogen and oxygen atoms in total. The normalized spacial score (nSPS) is 11.2. The maximum absolute atomic E-state index is 6.03. The first kappa shape index (κ1) is 16.4. The van der Waals surface area contributed by atoms with Gasteiger partial charge in [0, 0.05) is 0 Å². The molecule has 0 bridgehead atoms. The molecule has 0 saturated carbocycles. The van der Waals surface area contributed by atoms with E-state index >= 15 is 0 Å². The van der Waals surface area contributed by atoms with Gasteiger partial charge in [0.15, 0.2) is 11.6 Å². The molecule has 0 saturated heterocycles. The molecule has 14 heteroatoms. The maximum Gasteiger partial charge on any atom is 0.210 e. The molecule has 3 aromatic rings. The number of rotatable bonds is 6. The molecular formula is C10H16N12S2. The van der Waals surface area contributed by atoms with E-state index in [0.717, 1.165) is 0 Å². The van der Waals surface area contributed by atoms with Crippen LogP contribution in [0.3, 0.4) is 0 Å². The molecule has 0 spiro atoms. The van der Waals surface area contributed by atoms with E-state index in [2.05, 4.69) is 30.6 Å². The lowest BCUT2D eigenvalue weighted by molar-refractivity contribution is 0.817. The van der Waals surface area contributed by atoms with Gasteiger partial charge in [-0.2, -0.15) is 0 Å². The van der Waals surface area contributed by atoms with Gasteiger partial charge in [-0.3, -0.25) is 0 Å². The smallest absolute Gasteiger partial charge is 0.210 e. The van der Waals surface area contributed by atoms with E-state index in [0.29, 0.717) is 45.1 Å². The first-order valence-corrected chi connectivity index (χ1v) is 8.72. The minimum atomic E-state index is 0.468. The Hall–Kier alpha value is -2.48. The molecule has 0 aliphatic rings. The molecular weight excluding hydrogens is 352 g/mol. The highest BCUT2D eigenvalue weighted by molar-refractivity contribution is 7.98. The quantitative estimate of drug-likeness (QED) is 0.353. The van der Waals surface area contributed by atoms with Gasteiger partial charge in [0.1, 0.15) is 11.6 Å². The van der Waals surface area contributed by atoms with Crippen LogP contribution in [0, 0.1) is 13.8 Å². The number of aromatic nitrogens is 9. The highest BCUT2D eigenvalue weighted by Crippen LogP contribution is 2.22. The van der Waals surface area contributed by atoms with Crippen LogP contribution in [0.4, 0.5) is 0 Å². The molecule has 0 unspecified atom stereocenters. The van der Waals surface area contributed by atoms with Crippen molar-refractivity contribution in [3.63, 3.8) is 0 Å². The third kappa shape index (κ3) is 3.09. The molecule has 0 amide bonds. The number of hydrogen-bond acceptors (Lipinski definition) is 11. The summed E-state index contributed by atoms with van der Waals surface area (Å²) in [5, 5.41) is 25.1. The lowest BCUT2D eigenvalue weighted by atomic mass is 10.7. The van der Waals surface area contributed by atoms with E-state index in [4.69, 9.17) is 17.5 Å². The van der Waals surface area contributed by atoms with Crippen molar-refractivity contribution < 1.29 is 0 Å². The fourth-order valence-corrected chi connectivity index (χ4v) is 3.36. The van der Waals surface area contributed by atoms with Gasteiger partial charge in [-0.1, -0.05) is 23.5 Å². The van der Waals surface area contributed by atoms with Gasteiger partial charge in [0.2, 0.25) is 10.3 Å². The zero-order valence-electron chi connectivity index (χ0n) is 13.0. The predicted molar refractivity (Wildman–Crippen MR) is 89.1 cm³/mol. The summed E-state index contributed by atoms with van der Waals surface area (Å²) in [6.07, 6.45) is 0. The van der Waals surface area contributed by atoms with Crippen molar-refractivity contribution >= 4 is 23.5 Å². The second-order valence-corrected chi connectivity index (χ2v) is 6.66. The van der Waals surface area contributed by atoms with Crippen LogP contribution in [-0.2, 0) is 11.5 Å². The van der Waals surface area contributed by atoms with Gasteiger partial charge in [0.05, 0.1) is 11.5 Å². The number of thioether (sulfide) groups is 2. The largest absolute Gasteiger partial charge is 0.336 e. The fourth-order valence-electron chi connectivity index (χ4n) is 1.71. The van der Waals surface area contributed by atoms with Gasteiger partial charge in [0.25, 0.3) is 0 Å². The van der Waals surface area contributed by atoms with Gasteiger partial charge >= 0.3 is 0 Å². The van der Waals surface area contributed by atoms with Crippen molar-refractivity contribution in [3.8, 4) is 0 Å². The Morgan fingerprint density at radius 2 is 1.08 bits per heavy atom. The van der Waals surface area contributed by atoms with Crippen LogP contribution in [0.15, 0.2) is 10.3 Å². The van der Waals surface area contributed by atoms with E-state index < -0.39 is 0 Å². The summed E-state index contributed by atoms with van der Waals surface area (Å²) < 4.78 is 4.26. The highest BCUT2D eigenvalue weighted by Gasteiger charge is 2.14. The van der Waals surface area contributed by atoms with Crippen LogP contribution in [0.2, 0.25) is 0 Å². The Kier molecular flexibility index (Phi) is 4.48. The lowest BCUT2D eigenvalue weighted by Gasteiger charge is -2.04. The standard InChI is InChI=1S/C10H16N12S2/c1-5-14-18-9(20(5)11)23-3-7-16-17-8(22(7)13)4-24-10-19-15-6(2)21(10)12/h3-4,11-13H2,1-2H3. The predicted octanol–water partition coefficient (Wildman–Crippen LogP) is -1.20. The number of nitrogens with zero attached hydrogens (tertiary/aromatic N) is 9. The number of hydrogen-bond donors (Lipinski definition) is 3.